The molecule has 1 aliphatic heterocycles. The Morgan fingerprint density at radius 3 is 2.89 bits per heavy atom. The number of nitroso groups, excluding NO2 is 1. The predicted octanol–water partition coefficient (Wildman–Crippen LogP) is 2.26. The topological polar surface area (TPSA) is 79.3 Å². The van der Waals surface area contributed by atoms with E-state index in [1.807, 2.05) is 6.20 Å². The van der Waals surface area contributed by atoms with E-state index in [1.165, 1.54) is 5.56 Å². The maximum absolute atomic E-state index is 10.3. The van der Waals surface area contributed by atoms with E-state index in [9.17, 15) is 4.91 Å². The first kappa shape index (κ1) is 11.7. The molecule has 0 unspecified atom stereocenters. The van der Waals surface area contributed by atoms with Crippen LogP contribution in [0, 0.1) is 4.91 Å². The van der Waals surface area contributed by atoms with E-state index in [4.69, 9.17) is 0 Å². The van der Waals surface area contributed by atoms with Crippen LogP contribution in [0.25, 0.3) is 0 Å². The van der Waals surface area contributed by atoms with Crippen LogP contribution < -0.4 is 10.6 Å². The van der Waals surface area contributed by atoms with Gasteiger partial charge in [-0.1, -0.05) is 0 Å². The van der Waals surface area contributed by atoms with Gasteiger partial charge in [-0.3, -0.25) is 0 Å². The van der Waals surface area contributed by atoms with Crippen LogP contribution >= 0.6 is 0 Å². The van der Waals surface area contributed by atoms with Crippen molar-refractivity contribution in [3.63, 3.8) is 0 Å². The standard InChI is InChI=1S/C13H13N5O/c19-18-11-3-1-10(2-4-11)16-13-15-7-9-5-6-14-8-12(9)17-13/h1-4,7,14H,5-6,8H2,(H,15,16,17). The Morgan fingerprint density at radius 1 is 1.26 bits per heavy atom. The van der Waals surface area contributed by atoms with Crippen LogP contribution in [0.15, 0.2) is 35.6 Å². The van der Waals surface area contributed by atoms with Crippen molar-refractivity contribution >= 4 is 17.3 Å². The summed E-state index contributed by atoms with van der Waals surface area (Å²) in [4.78, 5) is 19.1. The average Bonchev–Trinajstić information content (AvgIpc) is 2.48. The Morgan fingerprint density at radius 2 is 2.11 bits per heavy atom. The number of hydrogen-bond donors (Lipinski definition) is 2. The van der Waals surface area contributed by atoms with E-state index < -0.39 is 0 Å². The highest BCUT2D eigenvalue weighted by molar-refractivity contribution is 5.57. The molecular formula is C13H13N5O. The molecule has 96 valence electrons. The molecule has 0 atom stereocenters. The third-order valence-electron chi connectivity index (χ3n) is 3.05. The first-order valence-corrected chi connectivity index (χ1v) is 6.11. The quantitative estimate of drug-likeness (QED) is 0.822. The number of rotatable bonds is 3. The number of benzene rings is 1. The summed E-state index contributed by atoms with van der Waals surface area (Å²) in [6, 6.07) is 6.85. The van der Waals surface area contributed by atoms with Crippen LogP contribution in [0.2, 0.25) is 0 Å². The van der Waals surface area contributed by atoms with Gasteiger partial charge in [-0.15, -0.1) is 4.91 Å². The molecule has 0 saturated carbocycles. The van der Waals surface area contributed by atoms with Crippen molar-refractivity contribution < 1.29 is 0 Å². The van der Waals surface area contributed by atoms with E-state index in [0.29, 0.717) is 11.6 Å². The van der Waals surface area contributed by atoms with Crippen LogP contribution in [-0.4, -0.2) is 16.5 Å². The minimum Gasteiger partial charge on any atom is -0.324 e. The van der Waals surface area contributed by atoms with Gasteiger partial charge in [0, 0.05) is 18.4 Å². The molecule has 2 N–H and O–H groups in total. The van der Waals surface area contributed by atoms with Gasteiger partial charge >= 0.3 is 0 Å². The summed E-state index contributed by atoms with van der Waals surface area (Å²) in [5, 5.41) is 9.25. The van der Waals surface area contributed by atoms with E-state index >= 15 is 0 Å². The maximum Gasteiger partial charge on any atom is 0.227 e. The molecule has 0 fully saturated rings. The fourth-order valence-electron chi connectivity index (χ4n) is 2.03. The van der Waals surface area contributed by atoms with Gasteiger partial charge in [0.1, 0.15) is 5.69 Å². The third kappa shape index (κ3) is 2.58. The second kappa shape index (κ2) is 5.11. The Hall–Kier alpha value is -2.34. The molecule has 6 nitrogen and oxygen atoms in total. The Balaban J connectivity index is 1.80. The number of hydrogen-bond acceptors (Lipinski definition) is 6. The van der Waals surface area contributed by atoms with Crippen molar-refractivity contribution in [2.24, 2.45) is 5.18 Å². The van der Waals surface area contributed by atoms with Crippen LogP contribution in [0.3, 0.4) is 0 Å². The third-order valence-corrected chi connectivity index (χ3v) is 3.05. The molecule has 0 saturated heterocycles. The number of nitrogens with one attached hydrogen (secondary N) is 2. The molecule has 3 rings (SSSR count). The molecule has 2 heterocycles. The van der Waals surface area contributed by atoms with Crippen molar-refractivity contribution in [1.29, 1.82) is 0 Å². The van der Waals surface area contributed by atoms with Crippen LogP contribution in [0.5, 0.6) is 0 Å². The number of nitrogens with zero attached hydrogens (tertiary/aromatic N) is 3. The molecule has 6 heteroatoms. The number of anilines is 2. The lowest BCUT2D eigenvalue weighted by atomic mass is 10.1. The van der Waals surface area contributed by atoms with Gasteiger partial charge in [0.25, 0.3) is 0 Å². The first-order chi connectivity index (χ1) is 9.35. The number of aromatic nitrogens is 2. The van der Waals surface area contributed by atoms with Gasteiger partial charge in [0.15, 0.2) is 0 Å². The molecule has 2 aromatic rings. The van der Waals surface area contributed by atoms with Crippen molar-refractivity contribution in [3.05, 3.63) is 46.6 Å². The molecule has 19 heavy (non-hydrogen) atoms. The fraction of sp³-hybridized carbons (Fsp3) is 0.231. The Labute approximate surface area is 110 Å². The van der Waals surface area contributed by atoms with Crippen LogP contribution in [-0.2, 0) is 13.0 Å². The predicted molar refractivity (Wildman–Crippen MR) is 72.6 cm³/mol. The lowest BCUT2D eigenvalue weighted by molar-refractivity contribution is 0.624. The van der Waals surface area contributed by atoms with Crippen LogP contribution in [0.1, 0.15) is 11.3 Å². The van der Waals surface area contributed by atoms with Gasteiger partial charge in [-0.05, 0) is 48.0 Å². The van der Waals surface area contributed by atoms with E-state index in [2.05, 4.69) is 25.8 Å². The second-order valence-corrected chi connectivity index (χ2v) is 4.36. The highest BCUT2D eigenvalue weighted by Crippen LogP contribution is 2.19. The van der Waals surface area contributed by atoms with Crippen molar-refractivity contribution in [1.82, 2.24) is 15.3 Å². The highest BCUT2D eigenvalue weighted by atomic mass is 16.3. The van der Waals surface area contributed by atoms with Crippen molar-refractivity contribution in [3.8, 4) is 0 Å². The molecule has 0 aliphatic carbocycles. The molecule has 1 aromatic carbocycles. The number of fused-ring (bicyclic) bond motifs is 1. The first-order valence-electron chi connectivity index (χ1n) is 6.11. The monoisotopic (exact) mass is 255 g/mol. The lowest BCUT2D eigenvalue weighted by Crippen LogP contribution is -2.25. The lowest BCUT2D eigenvalue weighted by Gasteiger charge is -2.16. The molecule has 0 amide bonds. The molecule has 1 aromatic heterocycles. The summed E-state index contributed by atoms with van der Waals surface area (Å²) in [6.07, 6.45) is 2.84. The van der Waals surface area contributed by atoms with E-state index in [-0.39, 0.29) is 0 Å². The van der Waals surface area contributed by atoms with Crippen LogP contribution in [0.4, 0.5) is 17.3 Å². The van der Waals surface area contributed by atoms with E-state index in [1.54, 1.807) is 24.3 Å². The van der Waals surface area contributed by atoms with Gasteiger partial charge < -0.3 is 10.6 Å². The zero-order chi connectivity index (χ0) is 13.1. The summed E-state index contributed by atoms with van der Waals surface area (Å²) in [6.45, 7) is 1.75. The average molecular weight is 255 g/mol. The zero-order valence-electron chi connectivity index (χ0n) is 10.3. The van der Waals surface area contributed by atoms with E-state index in [0.717, 1.165) is 30.9 Å². The van der Waals surface area contributed by atoms with Gasteiger partial charge in [-0.25, -0.2) is 9.97 Å². The Bertz CT molecular complexity index is 596. The molecule has 0 radical (unpaired) electrons. The molecule has 0 spiro atoms. The SMILES string of the molecule is O=Nc1ccc(Nc2ncc3c(n2)CNCC3)cc1. The Kier molecular flexibility index (Phi) is 3.16. The second-order valence-electron chi connectivity index (χ2n) is 4.36. The fourth-order valence-corrected chi connectivity index (χ4v) is 2.03. The van der Waals surface area contributed by atoms with Gasteiger partial charge in [0.2, 0.25) is 5.95 Å². The summed E-state index contributed by atoms with van der Waals surface area (Å²) >= 11 is 0. The zero-order valence-corrected chi connectivity index (χ0v) is 10.3. The molecule has 0 bridgehead atoms. The summed E-state index contributed by atoms with van der Waals surface area (Å²) in [5.74, 6) is 0.564. The minimum atomic E-state index is 0.404. The molecular weight excluding hydrogens is 242 g/mol. The van der Waals surface area contributed by atoms with Gasteiger partial charge in [0.05, 0.1) is 5.69 Å². The largest absolute Gasteiger partial charge is 0.324 e. The maximum atomic E-state index is 10.3. The summed E-state index contributed by atoms with van der Waals surface area (Å²) < 4.78 is 0. The normalized spacial score (nSPS) is 13.7. The summed E-state index contributed by atoms with van der Waals surface area (Å²) in [5.41, 5.74) is 3.47. The molecule has 1 aliphatic rings. The summed E-state index contributed by atoms with van der Waals surface area (Å²) in [7, 11) is 0. The van der Waals surface area contributed by atoms with Gasteiger partial charge in [-0.2, -0.15) is 0 Å². The van der Waals surface area contributed by atoms with Crippen molar-refractivity contribution in [2.45, 2.75) is 13.0 Å². The van der Waals surface area contributed by atoms with Crippen molar-refractivity contribution in [2.75, 3.05) is 11.9 Å². The highest BCUT2D eigenvalue weighted by Gasteiger charge is 2.11. The smallest absolute Gasteiger partial charge is 0.227 e. The minimum absolute atomic E-state index is 0.404.